The van der Waals surface area contributed by atoms with Crippen molar-refractivity contribution in [1.82, 2.24) is 0 Å². The van der Waals surface area contributed by atoms with Crippen LogP contribution in [-0.2, 0) is 17.9 Å². The maximum Gasteiger partial charge on any atom is 0.175 e. The first-order valence-electron chi connectivity index (χ1n) is 5.94. The molecule has 2 aliphatic heterocycles. The summed E-state index contributed by atoms with van der Waals surface area (Å²) < 4.78 is 7.83. The second-order valence-corrected chi connectivity index (χ2v) is 4.31. The van der Waals surface area contributed by atoms with Crippen molar-refractivity contribution < 1.29 is 43.1 Å². The topological polar surface area (TPSA) is 30.7 Å². The Labute approximate surface area is 123 Å². The minimum atomic E-state index is 0. The molecule has 5 heteroatoms. The lowest BCUT2D eigenvalue weighted by Crippen LogP contribution is -3.00. The molecule has 98 valence electrons. The summed E-state index contributed by atoms with van der Waals surface area (Å²) in [5.41, 5.74) is 3.46. The van der Waals surface area contributed by atoms with Crippen LogP contribution in [0.5, 0.6) is 11.5 Å². The number of nitrogens with zero attached hydrogens (tertiary/aromatic N) is 1. The largest absolute Gasteiger partial charge is 1.00 e. The van der Waals surface area contributed by atoms with Gasteiger partial charge < -0.3 is 33.6 Å². The minimum Gasteiger partial charge on any atom is -1.00 e. The van der Waals surface area contributed by atoms with Crippen molar-refractivity contribution >= 4 is 6.21 Å². The second kappa shape index (κ2) is 5.44. The summed E-state index contributed by atoms with van der Waals surface area (Å²) in [5, 5.41) is 0. The number of methoxy groups -OCH3 is 1. The number of fused-ring (bicyclic) bond motifs is 2. The van der Waals surface area contributed by atoms with Crippen LogP contribution in [0.25, 0.3) is 0 Å². The van der Waals surface area contributed by atoms with E-state index < -0.39 is 0 Å². The van der Waals surface area contributed by atoms with E-state index >= 15 is 0 Å². The standard InChI is InChI=1S/C13H16NO3.HI/c1-3-14-5-4-9-6-12-11(8-16-17-12)13(15-2)10(9)7-14;/h6-7H,3-5,8H2,1-2H3;1H/q+1;/p-1. The summed E-state index contributed by atoms with van der Waals surface area (Å²) in [4.78, 5) is 10.2. The van der Waals surface area contributed by atoms with Crippen LogP contribution in [0.4, 0.5) is 0 Å². The average molecular weight is 361 g/mol. The predicted molar refractivity (Wildman–Crippen MR) is 62.9 cm³/mol. The number of benzene rings is 1. The van der Waals surface area contributed by atoms with E-state index in [2.05, 4.69) is 23.8 Å². The van der Waals surface area contributed by atoms with E-state index in [1.165, 1.54) is 11.1 Å². The maximum atomic E-state index is 5.53. The predicted octanol–water partition coefficient (Wildman–Crippen LogP) is -1.47. The summed E-state index contributed by atoms with van der Waals surface area (Å²) in [6, 6.07) is 2.07. The second-order valence-electron chi connectivity index (χ2n) is 4.31. The van der Waals surface area contributed by atoms with Gasteiger partial charge in [0.2, 0.25) is 0 Å². The number of halogens is 1. The molecule has 0 unspecified atom stereocenters. The zero-order valence-corrected chi connectivity index (χ0v) is 12.7. The monoisotopic (exact) mass is 361 g/mol. The SMILES string of the molecule is CC[N+]1=Cc2c(cc3c(c2OC)COO3)CC1.[I-]. The molecule has 0 aromatic heterocycles. The van der Waals surface area contributed by atoms with Gasteiger partial charge in [0.05, 0.1) is 18.2 Å². The third-order valence-electron chi connectivity index (χ3n) is 3.41. The van der Waals surface area contributed by atoms with E-state index in [-0.39, 0.29) is 24.0 Å². The number of hydrogen-bond donors (Lipinski definition) is 0. The zero-order chi connectivity index (χ0) is 11.8. The summed E-state index contributed by atoms with van der Waals surface area (Å²) >= 11 is 0. The van der Waals surface area contributed by atoms with Gasteiger partial charge >= 0.3 is 0 Å². The van der Waals surface area contributed by atoms with Crippen molar-refractivity contribution in [1.29, 1.82) is 0 Å². The Morgan fingerprint density at radius 2 is 2.28 bits per heavy atom. The molecule has 3 rings (SSSR count). The third kappa shape index (κ3) is 2.09. The molecular weight excluding hydrogens is 345 g/mol. The van der Waals surface area contributed by atoms with Gasteiger partial charge in [-0.3, -0.25) is 0 Å². The van der Waals surface area contributed by atoms with Gasteiger partial charge in [-0.05, 0) is 18.6 Å². The highest BCUT2D eigenvalue weighted by Gasteiger charge is 2.28. The van der Waals surface area contributed by atoms with Gasteiger partial charge in [-0.15, -0.1) is 0 Å². The average Bonchev–Trinajstić information content (AvgIpc) is 2.82. The van der Waals surface area contributed by atoms with Gasteiger partial charge in [0, 0.05) is 6.42 Å². The van der Waals surface area contributed by atoms with Crippen LogP contribution in [-0.4, -0.2) is 31.0 Å². The van der Waals surface area contributed by atoms with Crippen LogP contribution in [0.2, 0.25) is 0 Å². The van der Waals surface area contributed by atoms with Crippen LogP contribution in [0, 0.1) is 0 Å². The lowest BCUT2D eigenvalue weighted by molar-refractivity contribution is -0.520. The first-order valence-corrected chi connectivity index (χ1v) is 5.94. The number of ether oxygens (including phenoxy) is 1. The molecule has 1 aromatic rings. The Hall–Kier alpha value is -0.820. The van der Waals surface area contributed by atoms with Gasteiger partial charge in [0.25, 0.3) is 0 Å². The highest BCUT2D eigenvalue weighted by Crippen LogP contribution is 2.39. The Kier molecular flexibility index (Phi) is 4.11. The van der Waals surface area contributed by atoms with Crippen molar-refractivity contribution in [2.45, 2.75) is 20.0 Å². The molecule has 1 aromatic carbocycles. The molecule has 0 aliphatic carbocycles. The van der Waals surface area contributed by atoms with E-state index in [1.54, 1.807) is 7.11 Å². The van der Waals surface area contributed by atoms with Crippen LogP contribution in [0.15, 0.2) is 6.07 Å². The molecule has 18 heavy (non-hydrogen) atoms. The first kappa shape index (κ1) is 13.6. The number of likely N-dealkylation sites (N-methyl/N-ethyl adjacent to an activating group) is 1. The lowest BCUT2D eigenvalue weighted by Gasteiger charge is -2.16. The molecule has 0 atom stereocenters. The summed E-state index contributed by atoms with van der Waals surface area (Å²) in [6.07, 6.45) is 3.20. The highest BCUT2D eigenvalue weighted by molar-refractivity contribution is 5.85. The fraction of sp³-hybridized carbons (Fsp3) is 0.462. The van der Waals surface area contributed by atoms with Crippen molar-refractivity contribution in [3.8, 4) is 11.5 Å². The fourth-order valence-corrected chi connectivity index (χ4v) is 2.45. The van der Waals surface area contributed by atoms with E-state index in [0.29, 0.717) is 6.61 Å². The Balaban J connectivity index is 0.00000120. The molecule has 0 N–H and O–H groups in total. The summed E-state index contributed by atoms with van der Waals surface area (Å²) in [6.45, 7) is 4.69. The Bertz CT molecular complexity index is 499. The van der Waals surface area contributed by atoms with Crippen molar-refractivity contribution in [3.05, 3.63) is 22.8 Å². The van der Waals surface area contributed by atoms with Gasteiger partial charge in [-0.2, -0.15) is 4.89 Å². The van der Waals surface area contributed by atoms with E-state index in [9.17, 15) is 0 Å². The van der Waals surface area contributed by atoms with Crippen LogP contribution < -0.4 is 33.6 Å². The van der Waals surface area contributed by atoms with E-state index in [0.717, 1.165) is 36.6 Å². The van der Waals surface area contributed by atoms with E-state index in [4.69, 9.17) is 14.5 Å². The molecule has 4 nitrogen and oxygen atoms in total. The molecule has 0 radical (unpaired) electrons. The van der Waals surface area contributed by atoms with Gasteiger partial charge in [-0.25, -0.2) is 4.58 Å². The quantitative estimate of drug-likeness (QED) is 0.366. The van der Waals surface area contributed by atoms with Crippen LogP contribution in [0.3, 0.4) is 0 Å². The molecule has 0 spiro atoms. The molecule has 0 bridgehead atoms. The van der Waals surface area contributed by atoms with Crippen LogP contribution in [0.1, 0.15) is 23.6 Å². The molecule has 0 amide bonds. The molecule has 0 fully saturated rings. The van der Waals surface area contributed by atoms with Gasteiger partial charge in [-0.1, -0.05) is 0 Å². The Morgan fingerprint density at radius 1 is 1.44 bits per heavy atom. The van der Waals surface area contributed by atoms with Gasteiger partial charge in [0.1, 0.15) is 25.4 Å². The Morgan fingerprint density at radius 3 is 3.00 bits per heavy atom. The lowest BCUT2D eigenvalue weighted by atomic mass is 9.97. The zero-order valence-electron chi connectivity index (χ0n) is 10.5. The third-order valence-corrected chi connectivity index (χ3v) is 3.41. The van der Waals surface area contributed by atoms with Gasteiger partial charge in [0.15, 0.2) is 12.0 Å². The molecule has 0 saturated heterocycles. The molecular formula is C13H16INO3. The first-order chi connectivity index (χ1) is 8.33. The molecule has 2 heterocycles. The van der Waals surface area contributed by atoms with Crippen LogP contribution >= 0.6 is 0 Å². The number of hydrogen-bond acceptors (Lipinski definition) is 3. The smallest absolute Gasteiger partial charge is 0.175 e. The van der Waals surface area contributed by atoms with Crippen molar-refractivity contribution in [2.75, 3.05) is 20.2 Å². The number of rotatable bonds is 2. The fourth-order valence-electron chi connectivity index (χ4n) is 2.45. The summed E-state index contributed by atoms with van der Waals surface area (Å²) in [5.74, 6) is 1.70. The van der Waals surface area contributed by atoms with E-state index in [1.807, 2.05) is 0 Å². The highest BCUT2D eigenvalue weighted by atomic mass is 127. The normalized spacial score (nSPS) is 16.0. The molecule has 2 aliphatic rings. The van der Waals surface area contributed by atoms with Crippen molar-refractivity contribution in [3.63, 3.8) is 0 Å². The molecule has 0 saturated carbocycles. The maximum absolute atomic E-state index is 5.53. The summed E-state index contributed by atoms with van der Waals surface area (Å²) in [7, 11) is 1.70. The minimum absolute atomic E-state index is 0. The van der Waals surface area contributed by atoms with Crippen molar-refractivity contribution in [2.24, 2.45) is 0 Å².